The SMILES string of the molecule is CCCC/C=C/CCc1ccc(CN)cc1C(F)(F)F. The first-order valence-electron chi connectivity index (χ1n) is 7.03. The van der Waals surface area contributed by atoms with E-state index in [0.29, 0.717) is 24.0 Å². The van der Waals surface area contributed by atoms with Gasteiger partial charge in [0.15, 0.2) is 0 Å². The first-order chi connectivity index (χ1) is 9.49. The second kappa shape index (κ2) is 8.10. The van der Waals surface area contributed by atoms with E-state index in [1.54, 1.807) is 12.1 Å². The minimum absolute atomic E-state index is 0.125. The Hall–Kier alpha value is -1.29. The van der Waals surface area contributed by atoms with E-state index >= 15 is 0 Å². The molecule has 0 aliphatic carbocycles. The molecule has 0 amide bonds. The molecule has 0 bridgehead atoms. The van der Waals surface area contributed by atoms with Crippen LogP contribution in [0.2, 0.25) is 0 Å². The molecule has 2 N–H and O–H groups in total. The molecule has 1 aromatic carbocycles. The average molecular weight is 285 g/mol. The molecule has 1 rings (SSSR count). The van der Waals surface area contributed by atoms with E-state index in [1.165, 1.54) is 0 Å². The molecule has 1 aromatic rings. The fourth-order valence-electron chi connectivity index (χ4n) is 2.03. The van der Waals surface area contributed by atoms with Crippen molar-refractivity contribution in [1.82, 2.24) is 0 Å². The van der Waals surface area contributed by atoms with Gasteiger partial charge >= 0.3 is 6.18 Å². The van der Waals surface area contributed by atoms with Crippen LogP contribution in [0.25, 0.3) is 0 Å². The van der Waals surface area contributed by atoms with Crippen LogP contribution < -0.4 is 5.73 Å². The summed E-state index contributed by atoms with van der Waals surface area (Å²) >= 11 is 0. The number of nitrogens with two attached hydrogens (primary N) is 1. The molecule has 20 heavy (non-hydrogen) atoms. The van der Waals surface area contributed by atoms with Gasteiger partial charge in [-0.1, -0.05) is 44.1 Å². The zero-order valence-corrected chi connectivity index (χ0v) is 11.8. The highest BCUT2D eigenvalue weighted by atomic mass is 19.4. The first-order valence-corrected chi connectivity index (χ1v) is 7.03. The Kier molecular flexibility index (Phi) is 6.79. The Morgan fingerprint density at radius 3 is 2.45 bits per heavy atom. The molecule has 0 unspecified atom stereocenters. The molecular weight excluding hydrogens is 263 g/mol. The van der Waals surface area contributed by atoms with Crippen molar-refractivity contribution in [3.8, 4) is 0 Å². The third-order valence-electron chi connectivity index (χ3n) is 3.19. The van der Waals surface area contributed by atoms with Gasteiger partial charge in [0, 0.05) is 6.54 Å². The summed E-state index contributed by atoms with van der Waals surface area (Å²) in [4.78, 5) is 0. The summed E-state index contributed by atoms with van der Waals surface area (Å²) in [5.41, 5.74) is 5.70. The number of benzene rings is 1. The Morgan fingerprint density at radius 2 is 1.85 bits per heavy atom. The van der Waals surface area contributed by atoms with Crippen LogP contribution in [-0.2, 0) is 19.1 Å². The summed E-state index contributed by atoms with van der Waals surface area (Å²) < 4.78 is 38.9. The molecule has 112 valence electrons. The van der Waals surface area contributed by atoms with Gasteiger partial charge in [-0.3, -0.25) is 0 Å². The number of hydrogen-bond donors (Lipinski definition) is 1. The highest BCUT2D eigenvalue weighted by molar-refractivity contribution is 5.34. The van der Waals surface area contributed by atoms with Gasteiger partial charge in [0.25, 0.3) is 0 Å². The summed E-state index contributed by atoms with van der Waals surface area (Å²) in [6.45, 7) is 2.24. The molecular formula is C16H22F3N. The first kappa shape index (κ1) is 16.8. The predicted molar refractivity (Wildman–Crippen MR) is 76.3 cm³/mol. The van der Waals surface area contributed by atoms with Crippen molar-refractivity contribution in [3.63, 3.8) is 0 Å². The Morgan fingerprint density at radius 1 is 1.15 bits per heavy atom. The molecule has 0 atom stereocenters. The number of aryl methyl sites for hydroxylation is 1. The van der Waals surface area contributed by atoms with Gasteiger partial charge in [-0.15, -0.1) is 0 Å². The van der Waals surface area contributed by atoms with Gasteiger partial charge in [-0.05, 0) is 36.5 Å². The Balaban J connectivity index is 2.72. The second-order valence-corrected chi connectivity index (χ2v) is 4.85. The third-order valence-corrected chi connectivity index (χ3v) is 3.19. The molecule has 0 aromatic heterocycles. The lowest BCUT2D eigenvalue weighted by Gasteiger charge is -2.13. The molecule has 1 nitrogen and oxygen atoms in total. The van der Waals surface area contributed by atoms with E-state index in [9.17, 15) is 13.2 Å². The van der Waals surface area contributed by atoms with Crippen molar-refractivity contribution in [2.24, 2.45) is 5.73 Å². The van der Waals surface area contributed by atoms with Crippen molar-refractivity contribution < 1.29 is 13.2 Å². The van der Waals surface area contributed by atoms with Gasteiger partial charge in [0.2, 0.25) is 0 Å². The number of alkyl halides is 3. The van der Waals surface area contributed by atoms with Crippen LogP contribution >= 0.6 is 0 Å². The summed E-state index contributed by atoms with van der Waals surface area (Å²) in [7, 11) is 0. The van der Waals surface area contributed by atoms with Crippen LogP contribution in [0.4, 0.5) is 13.2 Å². The molecule has 0 spiro atoms. The summed E-state index contributed by atoms with van der Waals surface area (Å²) in [5, 5.41) is 0. The van der Waals surface area contributed by atoms with Gasteiger partial charge in [0.05, 0.1) is 5.56 Å². The monoisotopic (exact) mass is 285 g/mol. The largest absolute Gasteiger partial charge is 0.416 e. The van der Waals surface area contributed by atoms with Crippen LogP contribution in [-0.4, -0.2) is 0 Å². The van der Waals surface area contributed by atoms with Crippen LogP contribution in [0.1, 0.15) is 49.3 Å². The van der Waals surface area contributed by atoms with Gasteiger partial charge in [-0.2, -0.15) is 13.2 Å². The summed E-state index contributed by atoms with van der Waals surface area (Å²) in [5.74, 6) is 0. The minimum atomic E-state index is -4.31. The van der Waals surface area contributed by atoms with Crippen molar-refractivity contribution in [3.05, 3.63) is 47.0 Å². The van der Waals surface area contributed by atoms with Crippen molar-refractivity contribution in [2.45, 2.75) is 51.7 Å². The number of unbranched alkanes of at least 4 members (excludes halogenated alkanes) is 2. The fourth-order valence-corrected chi connectivity index (χ4v) is 2.03. The summed E-state index contributed by atoms with van der Waals surface area (Å²) in [6.07, 6.45) is 3.98. The van der Waals surface area contributed by atoms with Crippen LogP contribution in [0.5, 0.6) is 0 Å². The van der Waals surface area contributed by atoms with Gasteiger partial charge < -0.3 is 5.73 Å². The second-order valence-electron chi connectivity index (χ2n) is 4.85. The smallest absolute Gasteiger partial charge is 0.326 e. The maximum Gasteiger partial charge on any atom is 0.416 e. The molecule has 0 radical (unpaired) electrons. The van der Waals surface area contributed by atoms with E-state index < -0.39 is 11.7 Å². The van der Waals surface area contributed by atoms with Crippen LogP contribution in [0, 0.1) is 0 Å². The standard InChI is InChI=1S/C16H22F3N/c1-2-3-4-5-6-7-8-14-10-9-13(12-20)11-15(14)16(17,18)19/h5-6,9-11H,2-4,7-8,12,20H2,1H3/b6-5+. The lowest BCUT2D eigenvalue weighted by Crippen LogP contribution is -2.11. The van der Waals surface area contributed by atoms with Crippen molar-refractivity contribution in [2.75, 3.05) is 0 Å². The molecule has 0 aliphatic rings. The minimum Gasteiger partial charge on any atom is -0.326 e. The normalized spacial score (nSPS) is 12.2. The number of hydrogen-bond acceptors (Lipinski definition) is 1. The van der Waals surface area contributed by atoms with E-state index in [1.807, 2.05) is 12.2 Å². The lowest BCUT2D eigenvalue weighted by molar-refractivity contribution is -0.138. The maximum atomic E-state index is 13.0. The quantitative estimate of drug-likeness (QED) is 0.563. The van der Waals surface area contributed by atoms with E-state index in [4.69, 9.17) is 5.73 Å². The molecule has 4 heteroatoms. The highest BCUT2D eigenvalue weighted by Gasteiger charge is 2.33. The summed E-state index contributed by atoms with van der Waals surface area (Å²) in [6, 6.07) is 4.38. The fraction of sp³-hybridized carbons (Fsp3) is 0.500. The van der Waals surface area contributed by atoms with E-state index in [2.05, 4.69) is 6.92 Å². The topological polar surface area (TPSA) is 26.0 Å². The third kappa shape index (κ3) is 5.37. The van der Waals surface area contributed by atoms with E-state index in [0.717, 1.165) is 25.3 Å². The number of halogens is 3. The van der Waals surface area contributed by atoms with E-state index in [-0.39, 0.29) is 6.54 Å². The molecule has 0 aliphatic heterocycles. The molecule has 0 saturated carbocycles. The highest BCUT2D eigenvalue weighted by Crippen LogP contribution is 2.33. The van der Waals surface area contributed by atoms with Gasteiger partial charge in [0.1, 0.15) is 0 Å². The maximum absolute atomic E-state index is 13.0. The number of rotatable bonds is 7. The average Bonchev–Trinajstić information content (AvgIpc) is 2.41. The molecule has 0 fully saturated rings. The number of allylic oxidation sites excluding steroid dienone is 2. The zero-order chi connectivity index (χ0) is 15.0. The zero-order valence-electron chi connectivity index (χ0n) is 11.8. The van der Waals surface area contributed by atoms with Crippen molar-refractivity contribution >= 4 is 0 Å². The molecule has 0 saturated heterocycles. The van der Waals surface area contributed by atoms with Crippen LogP contribution in [0.15, 0.2) is 30.4 Å². The predicted octanol–water partition coefficient (Wildman–Crippen LogP) is 4.84. The molecule has 0 heterocycles. The van der Waals surface area contributed by atoms with Crippen molar-refractivity contribution in [1.29, 1.82) is 0 Å². The Bertz CT molecular complexity index is 436. The Labute approximate surface area is 118 Å². The van der Waals surface area contributed by atoms with Gasteiger partial charge in [-0.25, -0.2) is 0 Å². The lowest BCUT2D eigenvalue weighted by atomic mass is 9.99. The van der Waals surface area contributed by atoms with Crippen LogP contribution in [0.3, 0.4) is 0 Å².